The van der Waals surface area contributed by atoms with Gasteiger partial charge < -0.3 is 10.1 Å². The maximum atomic E-state index is 6.13. The average molecular weight is 496 g/mol. The van der Waals surface area contributed by atoms with Crippen molar-refractivity contribution in [3.63, 3.8) is 0 Å². The number of rotatable bonds is 6. The van der Waals surface area contributed by atoms with Gasteiger partial charge in [-0.3, -0.25) is 0 Å². The lowest BCUT2D eigenvalue weighted by molar-refractivity contribution is 0.301. The Kier molecular flexibility index (Phi) is 6.63. The Morgan fingerprint density at radius 3 is 2.35 bits per heavy atom. The van der Waals surface area contributed by atoms with Crippen molar-refractivity contribution in [3.05, 3.63) is 91.3 Å². The van der Waals surface area contributed by atoms with E-state index < -0.39 is 0 Å². The van der Waals surface area contributed by atoms with Gasteiger partial charge in [-0.1, -0.05) is 57.4 Å². The molecule has 0 aliphatic heterocycles. The number of nitrogens with one attached hydrogen (secondary N) is 1. The fourth-order valence-corrected chi connectivity index (χ4v) is 4.07. The van der Waals surface area contributed by atoms with Crippen molar-refractivity contribution >= 4 is 49.1 Å². The third-order valence-corrected chi connectivity index (χ3v) is 5.22. The molecule has 3 rings (SSSR count). The van der Waals surface area contributed by atoms with Gasteiger partial charge >= 0.3 is 0 Å². The second-order valence-corrected chi connectivity index (χ2v) is 8.22. The van der Waals surface area contributed by atoms with Crippen LogP contribution >= 0.6 is 43.5 Å². The summed E-state index contributed by atoms with van der Waals surface area (Å²) < 4.78 is 8.05. The third-order valence-electron chi connectivity index (χ3n) is 3.92. The van der Waals surface area contributed by atoms with E-state index in [0.717, 1.165) is 36.5 Å². The lowest BCUT2D eigenvalue weighted by atomic mass is 10.1. The van der Waals surface area contributed by atoms with E-state index in [1.807, 2.05) is 30.3 Å². The second-order valence-electron chi connectivity index (χ2n) is 6.01. The van der Waals surface area contributed by atoms with Gasteiger partial charge in [0.2, 0.25) is 0 Å². The summed E-state index contributed by atoms with van der Waals surface area (Å²) >= 11 is 13.1. The minimum absolute atomic E-state index is 0.522. The van der Waals surface area contributed by atoms with E-state index >= 15 is 0 Å². The number of ether oxygens (including phenoxy) is 1. The standard InChI is InChI=1S/C21H18Br2ClNO/c1-14-2-4-15(5-3-14)13-26-21-16(10-17(22)11-20(21)23)12-25-19-8-6-18(24)7-9-19/h2-11,25H,12-13H2,1H3. The van der Waals surface area contributed by atoms with Crippen LogP contribution in [0.1, 0.15) is 16.7 Å². The quantitative estimate of drug-likeness (QED) is 0.386. The molecule has 2 nitrogen and oxygen atoms in total. The van der Waals surface area contributed by atoms with E-state index in [1.165, 1.54) is 5.56 Å². The number of halogens is 3. The van der Waals surface area contributed by atoms with E-state index in [4.69, 9.17) is 16.3 Å². The molecule has 0 bridgehead atoms. The minimum atomic E-state index is 0.522. The van der Waals surface area contributed by atoms with E-state index in [-0.39, 0.29) is 0 Å². The van der Waals surface area contributed by atoms with Crippen LogP contribution in [0.15, 0.2) is 69.6 Å². The Bertz CT molecular complexity index is 880. The van der Waals surface area contributed by atoms with Crippen LogP contribution < -0.4 is 10.1 Å². The predicted octanol–water partition coefficient (Wildman–Crippen LogP) is 7.36. The Balaban J connectivity index is 1.75. The van der Waals surface area contributed by atoms with Crippen molar-refractivity contribution in [2.45, 2.75) is 20.1 Å². The van der Waals surface area contributed by atoms with Gasteiger partial charge in [-0.25, -0.2) is 0 Å². The molecule has 3 aromatic carbocycles. The summed E-state index contributed by atoms with van der Waals surface area (Å²) in [5.41, 5.74) is 4.46. The molecule has 0 unspecified atom stereocenters. The van der Waals surface area contributed by atoms with Crippen molar-refractivity contribution in [2.75, 3.05) is 5.32 Å². The molecule has 0 fully saturated rings. The zero-order valence-corrected chi connectivity index (χ0v) is 18.2. The Labute approximate surface area is 175 Å². The molecule has 0 heterocycles. The maximum Gasteiger partial charge on any atom is 0.139 e. The van der Waals surface area contributed by atoms with Crippen LogP contribution in [0, 0.1) is 6.92 Å². The second kappa shape index (κ2) is 8.94. The van der Waals surface area contributed by atoms with Gasteiger partial charge in [0.1, 0.15) is 12.4 Å². The molecule has 0 amide bonds. The molecular weight excluding hydrogens is 477 g/mol. The van der Waals surface area contributed by atoms with E-state index in [9.17, 15) is 0 Å². The molecule has 0 spiro atoms. The van der Waals surface area contributed by atoms with Crippen LogP contribution in [-0.2, 0) is 13.2 Å². The molecule has 0 radical (unpaired) electrons. The molecule has 0 aromatic heterocycles. The summed E-state index contributed by atoms with van der Waals surface area (Å²) in [4.78, 5) is 0. The van der Waals surface area contributed by atoms with Crippen LogP contribution in [0.25, 0.3) is 0 Å². The molecule has 1 N–H and O–H groups in total. The van der Waals surface area contributed by atoms with Gasteiger partial charge in [0.15, 0.2) is 0 Å². The van der Waals surface area contributed by atoms with Crippen LogP contribution in [0.4, 0.5) is 5.69 Å². The smallest absolute Gasteiger partial charge is 0.139 e. The average Bonchev–Trinajstić information content (AvgIpc) is 2.62. The summed E-state index contributed by atoms with van der Waals surface area (Å²) in [5, 5.41) is 4.13. The third kappa shape index (κ3) is 5.26. The summed E-state index contributed by atoms with van der Waals surface area (Å²) in [6, 6.07) is 20.1. The highest BCUT2D eigenvalue weighted by atomic mass is 79.9. The van der Waals surface area contributed by atoms with Gasteiger partial charge in [-0.2, -0.15) is 0 Å². The van der Waals surface area contributed by atoms with E-state index in [2.05, 4.69) is 74.4 Å². The van der Waals surface area contributed by atoms with Gasteiger partial charge in [-0.05, 0) is 64.8 Å². The van der Waals surface area contributed by atoms with Crippen molar-refractivity contribution in [1.29, 1.82) is 0 Å². The number of hydrogen-bond acceptors (Lipinski definition) is 2. The summed E-state index contributed by atoms with van der Waals surface area (Å²) in [6.07, 6.45) is 0. The molecule has 26 heavy (non-hydrogen) atoms. The lowest BCUT2D eigenvalue weighted by Crippen LogP contribution is -2.04. The normalized spacial score (nSPS) is 10.6. The SMILES string of the molecule is Cc1ccc(COc2c(Br)cc(Br)cc2CNc2ccc(Cl)cc2)cc1. The number of benzene rings is 3. The zero-order chi connectivity index (χ0) is 18.5. The lowest BCUT2D eigenvalue weighted by Gasteiger charge is -2.15. The van der Waals surface area contributed by atoms with Crippen LogP contribution in [-0.4, -0.2) is 0 Å². The minimum Gasteiger partial charge on any atom is -0.487 e. The van der Waals surface area contributed by atoms with Crippen LogP contribution in [0.3, 0.4) is 0 Å². The molecule has 5 heteroatoms. The van der Waals surface area contributed by atoms with E-state index in [0.29, 0.717) is 13.2 Å². The molecule has 3 aromatic rings. The largest absolute Gasteiger partial charge is 0.487 e. The Hall–Kier alpha value is -1.49. The molecule has 0 atom stereocenters. The summed E-state index contributed by atoms with van der Waals surface area (Å²) in [7, 11) is 0. The first-order chi connectivity index (χ1) is 12.5. The van der Waals surface area contributed by atoms with Crippen molar-refractivity contribution in [3.8, 4) is 5.75 Å². The fraction of sp³-hybridized carbons (Fsp3) is 0.143. The molecule has 0 saturated carbocycles. The highest BCUT2D eigenvalue weighted by molar-refractivity contribution is 9.11. The molecule has 0 aliphatic carbocycles. The van der Waals surface area contributed by atoms with Gasteiger partial charge in [-0.15, -0.1) is 0 Å². The first kappa shape index (κ1) is 19.3. The number of aryl methyl sites for hydroxylation is 1. The number of hydrogen-bond donors (Lipinski definition) is 1. The van der Waals surface area contributed by atoms with Crippen molar-refractivity contribution < 1.29 is 4.74 Å². The fourth-order valence-electron chi connectivity index (χ4n) is 2.51. The molecule has 0 saturated heterocycles. The topological polar surface area (TPSA) is 21.3 Å². The van der Waals surface area contributed by atoms with Crippen LogP contribution in [0.2, 0.25) is 5.02 Å². The highest BCUT2D eigenvalue weighted by Gasteiger charge is 2.11. The monoisotopic (exact) mass is 493 g/mol. The van der Waals surface area contributed by atoms with Crippen molar-refractivity contribution in [1.82, 2.24) is 0 Å². The first-order valence-corrected chi connectivity index (χ1v) is 10.1. The highest BCUT2D eigenvalue weighted by Crippen LogP contribution is 2.34. The zero-order valence-electron chi connectivity index (χ0n) is 14.2. The van der Waals surface area contributed by atoms with Gasteiger partial charge in [0, 0.05) is 27.3 Å². The maximum absolute atomic E-state index is 6.13. The first-order valence-electron chi connectivity index (χ1n) is 8.17. The summed E-state index contributed by atoms with van der Waals surface area (Å²) in [6.45, 7) is 3.24. The predicted molar refractivity (Wildman–Crippen MR) is 116 cm³/mol. The van der Waals surface area contributed by atoms with E-state index in [1.54, 1.807) is 0 Å². The Morgan fingerprint density at radius 2 is 1.65 bits per heavy atom. The summed E-state index contributed by atoms with van der Waals surface area (Å²) in [5.74, 6) is 0.843. The molecule has 134 valence electrons. The Morgan fingerprint density at radius 1 is 0.962 bits per heavy atom. The number of anilines is 1. The van der Waals surface area contributed by atoms with Crippen molar-refractivity contribution in [2.24, 2.45) is 0 Å². The van der Waals surface area contributed by atoms with Crippen LogP contribution in [0.5, 0.6) is 5.75 Å². The molecular formula is C21H18Br2ClNO. The van der Waals surface area contributed by atoms with Gasteiger partial charge in [0.25, 0.3) is 0 Å². The van der Waals surface area contributed by atoms with Gasteiger partial charge in [0.05, 0.1) is 4.47 Å². The molecule has 0 aliphatic rings.